The molecule has 132 valence electrons. The molecular weight excluding hydrogens is 307 g/mol. The highest BCUT2D eigenvalue weighted by atomic mass is 19.1. The molecule has 1 aliphatic heterocycles. The number of hydrogen-bond donors (Lipinski definition) is 1. The molecule has 0 radical (unpaired) electrons. The van der Waals surface area contributed by atoms with Gasteiger partial charge >= 0.3 is 6.03 Å². The van der Waals surface area contributed by atoms with Crippen molar-refractivity contribution in [1.82, 2.24) is 10.2 Å². The van der Waals surface area contributed by atoms with E-state index >= 15 is 0 Å². The molecule has 1 N–H and O–H groups in total. The Morgan fingerprint density at radius 2 is 2.08 bits per heavy atom. The molecule has 0 bridgehead atoms. The Hall–Kier alpha value is -1.62. The van der Waals surface area contributed by atoms with Crippen molar-refractivity contribution in [2.24, 2.45) is 11.8 Å². The number of rotatable bonds is 5. The van der Waals surface area contributed by atoms with Crippen molar-refractivity contribution in [3.63, 3.8) is 0 Å². The Morgan fingerprint density at radius 1 is 1.33 bits per heavy atom. The fourth-order valence-electron chi connectivity index (χ4n) is 3.91. The first-order valence-electron chi connectivity index (χ1n) is 8.99. The second-order valence-electron chi connectivity index (χ2n) is 7.10. The van der Waals surface area contributed by atoms with E-state index in [0.717, 1.165) is 45.3 Å². The summed E-state index contributed by atoms with van der Waals surface area (Å²) in [5, 5.41) is 3.10. The summed E-state index contributed by atoms with van der Waals surface area (Å²) < 4.78 is 19.7. The lowest BCUT2D eigenvalue weighted by Crippen LogP contribution is -2.43. The van der Waals surface area contributed by atoms with Crippen LogP contribution in [0.1, 0.15) is 43.7 Å². The van der Waals surface area contributed by atoms with E-state index in [2.05, 4.69) is 5.32 Å². The molecule has 2 atom stereocenters. The van der Waals surface area contributed by atoms with Crippen LogP contribution in [-0.4, -0.2) is 37.7 Å². The summed E-state index contributed by atoms with van der Waals surface area (Å²) in [5.41, 5.74) is 0.607. The van der Waals surface area contributed by atoms with Crippen LogP contribution in [0.4, 0.5) is 9.18 Å². The standard InChI is InChI=1S/C19H27FN2O2/c1-22(12-14-10-11-24-13-14)19(23)21-18(15-6-2-3-7-15)16-8-4-5-9-17(16)20/h4-5,8-9,14-15,18H,2-3,6-7,10-13H2,1H3,(H,21,23)/t14-,18-/m0/s1. The van der Waals surface area contributed by atoms with E-state index in [9.17, 15) is 9.18 Å². The number of amides is 2. The molecule has 2 aliphatic rings. The number of halogens is 1. The molecular formula is C19H27FN2O2. The fourth-order valence-corrected chi connectivity index (χ4v) is 3.91. The Morgan fingerprint density at radius 3 is 2.75 bits per heavy atom. The van der Waals surface area contributed by atoms with Crippen LogP contribution < -0.4 is 5.32 Å². The van der Waals surface area contributed by atoms with Crippen molar-refractivity contribution in [2.75, 3.05) is 26.8 Å². The van der Waals surface area contributed by atoms with Crippen LogP contribution in [-0.2, 0) is 4.74 Å². The summed E-state index contributed by atoms with van der Waals surface area (Å²) in [6.45, 7) is 2.18. The molecule has 0 aromatic heterocycles. The lowest BCUT2D eigenvalue weighted by Gasteiger charge is -2.29. The van der Waals surface area contributed by atoms with Crippen LogP contribution in [0.5, 0.6) is 0 Å². The lowest BCUT2D eigenvalue weighted by atomic mass is 9.91. The predicted octanol–water partition coefficient (Wildman–Crippen LogP) is 3.73. The zero-order chi connectivity index (χ0) is 16.9. The Balaban J connectivity index is 1.69. The third-order valence-corrected chi connectivity index (χ3v) is 5.29. The summed E-state index contributed by atoms with van der Waals surface area (Å²) in [4.78, 5) is 14.3. The van der Waals surface area contributed by atoms with Gasteiger partial charge in [-0.05, 0) is 31.2 Å². The predicted molar refractivity (Wildman–Crippen MR) is 91.2 cm³/mol. The number of nitrogens with one attached hydrogen (secondary N) is 1. The molecule has 2 fully saturated rings. The van der Waals surface area contributed by atoms with Crippen molar-refractivity contribution in [2.45, 2.75) is 38.1 Å². The first kappa shape index (κ1) is 17.2. The molecule has 2 amide bonds. The molecule has 0 spiro atoms. The molecule has 3 rings (SSSR count). The highest BCUT2D eigenvalue weighted by molar-refractivity contribution is 5.74. The highest BCUT2D eigenvalue weighted by Gasteiger charge is 2.30. The Bertz CT molecular complexity index is 554. The lowest BCUT2D eigenvalue weighted by molar-refractivity contribution is 0.168. The SMILES string of the molecule is CN(C[C@@H]1CCOC1)C(=O)N[C@H](c1ccccc1F)C1CCCC1. The molecule has 1 aliphatic carbocycles. The maximum absolute atomic E-state index is 14.3. The molecule has 1 heterocycles. The first-order valence-corrected chi connectivity index (χ1v) is 8.99. The van der Waals surface area contributed by atoms with Crippen LogP contribution in [0.15, 0.2) is 24.3 Å². The number of nitrogens with zero attached hydrogens (tertiary/aromatic N) is 1. The topological polar surface area (TPSA) is 41.6 Å². The van der Waals surface area contributed by atoms with Crippen molar-refractivity contribution < 1.29 is 13.9 Å². The van der Waals surface area contributed by atoms with Gasteiger partial charge in [-0.2, -0.15) is 0 Å². The van der Waals surface area contributed by atoms with Gasteiger partial charge in [-0.3, -0.25) is 0 Å². The van der Waals surface area contributed by atoms with E-state index in [1.807, 2.05) is 6.07 Å². The average molecular weight is 334 g/mol. The van der Waals surface area contributed by atoms with Crippen molar-refractivity contribution >= 4 is 6.03 Å². The molecule has 1 aromatic carbocycles. The highest BCUT2D eigenvalue weighted by Crippen LogP contribution is 2.36. The summed E-state index contributed by atoms with van der Waals surface area (Å²) in [6, 6.07) is 6.43. The van der Waals surface area contributed by atoms with Crippen LogP contribution in [0.2, 0.25) is 0 Å². The summed E-state index contributed by atoms with van der Waals surface area (Å²) >= 11 is 0. The zero-order valence-electron chi connectivity index (χ0n) is 14.3. The van der Waals surface area contributed by atoms with E-state index in [1.165, 1.54) is 6.07 Å². The Kier molecular flexibility index (Phi) is 5.72. The third kappa shape index (κ3) is 4.07. The smallest absolute Gasteiger partial charge is 0.317 e. The van der Waals surface area contributed by atoms with Crippen LogP contribution in [0, 0.1) is 17.7 Å². The summed E-state index contributed by atoms with van der Waals surface area (Å²) in [7, 11) is 1.81. The minimum atomic E-state index is -0.247. The van der Waals surface area contributed by atoms with E-state index in [-0.39, 0.29) is 17.9 Å². The summed E-state index contributed by atoms with van der Waals surface area (Å²) in [6.07, 6.45) is 5.39. The number of carbonyl (C=O) groups excluding carboxylic acids is 1. The molecule has 1 aromatic rings. The quantitative estimate of drug-likeness (QED) is 0.891. The molecule has 24 heavy (non-hydrogen) atoms. The monoisotopic (exact) mass is 334 g/mol. The van der Waals surface area contributed by atoms with Gasteiger partial charge in [0.2, 0.25) is 0 Å². The zero-order valence-corrected chi connectivity index (χ0v) is 14.3. The minimum absolute atomic E-state index is 0.123. The second-order valence-corrected chi connectivity index (χ2v) is 7.10. The van der Waals surface area contributed by atoms with Gasteiger partial charge in [-0.25, -0.2) is 9.18 Å². The van der Waals surface area contributed by atoms with Gasteiger partial charge in [-0.1, -0.05) is 31.0 Å². The van der Waals surface area contributed by atoms with Crippen LogP contribution in [0.3, 0.4) is 0 Å². The van der Waals surface area contributed by atoms with Gasteiger partial charge in [-0.15, -0.1) is 0 Å². The van der Waals surface area contributed by atoms with Gasteiger partial charge < -0.3 is 15.0 Å². The first-order chi connectivity index (χ1) is 11.6. The second kappa shape index (κ2) is 7.97. The number of hydrogen-bond acceptors (Lipinski definition) is 2. The third-order valence-electron chi connectivity index (χ3n) is 5.29. The van der Waals surface area contributed by atoms with Gasteiger partial charge in [0.05, 0.1) is 12.6 Å². The van der Waals surface area contributed by atoms with Gasteiger partial charge in [0.15, 0.2) is 0 Å². The summed E-state index contributed by atoms with van der Waals surface area (Å²) in [5.74, 6) is 0.481. The number of ether oxygens (including phenoxy) is 1. The van der Waals surface area contributed by atoms with Crippen molar-refractivity contribution in [3.05, 3.63) is 35.6 Å². The number of urea groups is 1. The van der Waals surface area contributed by atoms with Gasteiger partial charge in [0.1, 0.15) is 5.82 Å². The molecule has 0 unspecified atom stereocenters. The van der Waals surface area contributed by atoms with Gasteiger partial charge in [0.25, 0.3) is 0 Å². The maximum atomic E-state index is 14.3. The van der Waals surface area contributed by atoms with E-state index in [1.54, 1.807) is 24.1 Å². The van der Waals surface area contributed by atoms with E-state index in [0.29, 0.717) is 23.9 Å². The number of benzene rings is 1. The van der Waals surface area contributed by atoms with Crippen LogP contribution >= 0.6 is 0 Å². The molecule has 5 heteroatoms. The number of carbonyl (C=O) groups is 1. The van der Waals surface area contributed by atoms with Crippen molar-refractivity contribution in [1.29, 1.82) is 0 Å². The van der Waals surface area contributed by atoms with Crippen LogP contribution in [0.25, 0.3) is 0 Å². The normalized spacial score (nSPS) is 22.5. The van der Waals surface area contributed by atoms with E-state index < -0.39 is 0 Å². The maximum Gasteiger partial charge on any atom is 0.317 e. The molecule has 4 nitrogen and oxygen atoms in total. The van der Waals surface area contributed by atoms with E-state index in [4.69, 9.17) is 4.74 Å². The minimum Gasteiger partial charge on any atom is -0.381 e. The molecule has 1 saturated carbocycles. The average Bonchev–Trinajstić information content (AvgIpc) is 3.26. The molecule has 1 saturated heterocycles. The van der Waals surface area contributed by atoms with Gasteiger partial charge in [0, 0.05) is 31.7 Å². The Labute approximate surface area is 143 Å². The fraction of sp³-hybridized carbons (Fsp3) is 0.632. The van der Waals surface area contributed by atoms with Crippen molar-refractivity contribution in [3.8, 4) is 0 Å². The largest absolute Gasteiger partial charge is 0.381 e.